The Balaban J connectivity index is 1.61. The lowest BCUT2D eigenvalue weighted by molar-refractivity contribution is 0.374. The molecule has 0 radical (unpaired) electrons. The van der Waals surface area contributed by atoms with Gasteiger partial charge in [0.1, 0.15) is 10.6 Å². The second-order valence-corrected chi connectivity index (χ2v) is 8.81. The zero-order valence-corrected chi connectivity index (χ0v) is 17.3. The molecule has 1 fully saturated rings. The molecule has 8 nitrogen and oxygen atoms in total. The highest BCUT2D eigenvalue weighted by Gasteiger charge is 2.31. The lowest BCUT2D eigenvalue weighted by Crippen LogP contribution is -2.48. The minimum absolute atomic E-state index is 0.0867. The third kappa shape index (κ3) is 3.94. The van der Waals surface area contributed by atoms with Gasteiger partial charge in [0.15, 0.2) is 0 Å². The maximum Gasteiger partial charge on any atom is 0.264 e. The predicted molar refractivity (Wildman–Crippen MR) is 114 cm³/mol. The van der Waals surface area contributed by atoms with E-state index in [1.165, 1.54) is 17.5 Å². The molecule has 9 heteroatoms. The number of ether oxygens (including phenoxy) is 1. The Bertz CT molecular complexity index is 1170. The smallest absolute Gasteiger partial charge is 0.264 e. The van der Waals surface area contributed by atoms with E-state index in [4.69, 9.17) is 4.74 Å². The van der Waals surface area contributed by atoms with E-state index < -0.39 is 10.0 Å². The van der Waals surface area contributed by atoms with Crippen molar-refractivity contribution in [2.24, 2.45) is 0 Å². The van der Waals surface area contributed by atoms with Crippen LogP contribution in [0.1, 0.15) is 0 Å². The Morgan fingerprint density at radius 2 is 1.70 bits per heavy atom. The average molecular weight is 426 g/mol. The van der Waals surface area contributed by atoms with Crippen LogP contribution in [0, 0.1) is 0 Å². The summed E-state index contributed by atoms with van der Waals surface area (Å²) in [6, 6.07) is 17.7. The van der Waals surface area contributed by atoms with Crippen molar-refractivity contribution >= 4 is 15.7 Å². The second kappa shape index (κ2) is 8.29. The van der Waals surface area contributed by atoms with Crippen molar-refractivity contribution in [3.8, 4) is 17.0 Å². The number of para-hydroxylation sites is 1. The number of nitrogens with zero attached hydrogens (tertiary/aromatic N) is 3. The van der Waals surface area contributed by atoms with Gasteiger partial charge in [0.05, 0.1) is 12.8 Å². The summed E-state index contributed by atoms with van der Waals surface area (Å²) in [5.74, 6) is 0.272. The molecule has 156 valence electrons. The average Bonchev–Trinajstić information content (AvgIpc) is 2.80. The van der Waals surface area contributed by atoms with Gasteiger partial charge in [-0.25, -0.2) is 13.5 Å². The maximum atomic E-state index is 13.4. The molecule has 0 amide bonds. The van der Waals surface area contributed by atoms with Crippen molar-refractivity contribution in [2.45, 2.75) is 4.90 Å². The number of sulfonamides is 1. The molecule has 1 saturated heterocycles. The van der Waals surface area contributed by atoms with Crippen LogP contribution in [0.4, 0.5) is 5.69 Å². The van der Waals surface area contributed by atoms with E-state index in [0.29, 0.717) is 37.4 Å². The van der Waals surface area contributed by atoms with Crippen LogP contribution in [-0.2, 0) is 10.0 Å². The van der Waals surface area contributed by atoms with Gasteiger partial charge in [-0.3, -0.25) is 4.79 Å². The minimum atomic E-state index is -3.77. The Kier molecular flexibility index (Phi) is 5.56. The molecule has 0 spiro atoms. The van der Waals surface area contributed by atoms with Crippen LogP contribution < -0.4 is 15.2 Å². The summed E-state index contributed by atoms with van der Waals surface area (Å²) >= 11 is 0. The normalized spacial score (nSPS) is 15.2. The number of methoxy groups -OCH3 is 1. The van der Waals surface area contributed by atoms with Gasteiger partial charge >= 0.3 is 0 Å². The van der Waals surface area contributed by atoms with Gasteiger partial charge in [-0.05, 0) is 36.4 Å². The molecule has 0 atom stereocenters. The summed E-state index contributed by atoms with van der Waals surface area (Å²) < 4.78 is 33.6. The first-order valence-electron chi connectivity index (χ1n) is 9.53. The van der Waals surface area contributed by atoms with E-state index in [9.17, 15) is 13.2 Å². The number of anilines is 1. The van der Waals surface area contributed by atoms with E-state index in [2.05, 4.69) is 15.1 Å². The third-order valence-electron chi connectivity index (χ3n) is 5.12. The van der Waals surface area contributed by atoms with Crippen molar-refractivity contribution < 1.29 is 13.2 Å². The van der Waals surface area contributed by atoms with E-state index >= 15 is 0 Å². The highest BCUT2D eigenvalue weighted by molar-refractivity contribution is 7.89. The SMILES string of the molecule is COc1ccc(-c2ccc(=O)[nH]n2)cc1S(=O)(=O)N1CCN(c2ccccc2)CC1. The van der Waals surface area contributed by atoms with Crippen molar-refractivity contribution in [3.05, 3.63) is 71.0 Å². The molecule has 2 heterocycles. The zero-order valence-electron chi connectivity index (χ0n) is 16.5. The standard InChI is InChI=1S/C21H22N4O4S/c1-29-19-9-7-16(18-8-10-21(26)23-22-18)15-20(19)30(27,28)25-13-11-24(12-14-25)17-5-3-2-4-6-17/h2-10,15H,11-14H2,1H3,(H,23,26). The van der Waals surface area contributed by atoms with Crippen LogP contribution >= 0.6 is 0 Å². The molecule has 1 aliphatic heterocycles. The van der Waals surface area contributed by atoms with Crippen LogP contribution in [-0.4, -0.2) is 56.2 Å². The van der Waals surface area contributed by atoms with E-state index in [1.54, 1.807) is 24.3 Å². The first-order valence-corrected chi connectivity index (χ1v) is 11.0. The highest BCUT2D eigenvalue weighted by atomic mass is 32.2. The minimum Gasteiger partial charge on any atom is -0.495 e. The molecular formula is C21H22N4O4S. The monoisotopic (exact) mass is 426 g/mol. The number of rotatable bonds is 5. The number of aromatic amines is 1. The number of aromatic nitrogens is 2. The number of hydrogen-bond donors (Lipinski definition) is 1. The molecule has 3 aromatic rings. The molecule has 0 aliphatic carbocycles. The van der Waals surface area contributed by atoms with Crippen LogP contribution in [0.3, 0.4) is 0 Å². The lowest BCUT2D eigenvalue weighted by Gasteiger charge is -2.35. The fourth-order valence-electron chi connectivity index (χ4n) is 3.51. The topological polar surface area (TPSA) is 95.6 Å². The summed E-state index contributed by atoms with van der Waals surface area (Å²) in [4.78, 5) is 13.5. The highest BCUT2D eigenvalue weighted by Crippen LogP contribution is 2.31. The Labute approximate surface area is 174 Å². The van der Waals surface area contributed by atoms with Crippen LogP contribution in [0.25, 0.3) is 11.3 Å². The maximum absolute atomic E-state index is 13.4. The quantitative estimate of drug-likeness (QED) is 0.670. The number of benzene rings is 2. The first-order chi connectivity index (χ1) is 14.5. The number of piperazine rings is 1. The molecule has 1 aromatic heterocycles. The van der Waals surface area contributed by atoms with Gasteiger partial charge in [0.25, 0.3) is 5.56 Å². The molecule has 1 N–H and O–H groups in total. The molecule has 1 aliphatic rings. The van der Waals surface area contributed by atoms with Gasteiger partial charge in [-0.15, -0.1) is 0 Å². The number of hydrogen-bond acceptors (Lipinski definition) is 6. The van der Waals surface area contributed by atoms with Crippen LogP contribution in [0.5, 0.6) is 5.75 Å². The number of H-pyrrole nitrogens is 1. The van der Waals surface area contributed by atoms with Gasteiger partial charge in [-0.2, -0.15) is 9.40 Å². The van der Waals surface area contributed by atoms with Crippen molar-refractivity contribution in [1.29, 1.82) is 0 Å². The summed E-state index contributed by atoms with van der Waals surface area (Å²) in [5.41, 5.74) is 1.81. The zero-order chi connectivity index (χ0) is 21.1. The van der Waals surface area contributed by atoms with Gasteiger partial charge in [0, 0.05) is 43.5 Å². The molecule has 2 aromatic carbocycles. The molecule has 0 bridgehead atoms. The fraction of sp³-hybridized carbons (Fsp3) is 0.238. The Morgan fingerprint density at radius 3 is 2.33 bits per heavy atom. The second-order valence-electron chi connectivity index (χ2n) is 6.90. The number of nitrogens with one attached hydrogen (secondary N) is 1. The Morgan fingerprint density at radius 1 is 0.967 bits per heavy atom. The molecule has 0 saturated carbocycles. The van der Waals surface area contributed by atoms with Gasteiger partial charge < -0.3 is 9.64 Å². The van der Waals surface area contributed by atoms with Crippen molar-refractivity contribution in [2.75, 3.05) is 38.2 Å². The molecular weight excluding hydrogens is 404 g/mol. The summed E-state index contributed by atoms with van der Waals surface area (Å²) in [6.07, 6.45) is 0. The van der Waals surface area contributed by atoms with Crippen LogP contribution in [0.2, 0.25) is 0 Å². The van der Waals surface area contributed by atoms with Crippen molar-refractivity contribution in [1.82, 2.24) is 14.5 Å². The lowest BCUT2D eigenvalue weighted by atomic mass is 10.1. The molecule has 0 unspecified atom stereocenters. The van der Waals surface area contributed by atoms with E-state index in [0.717, 1.165) is 5.69 Å². The summed E-state index contributed by atoms with van der Waals surface area (Å²) in [5, 5.41) is 6.36. The summed E-state index contributed by atoms with van der Waals surface area (Å²) in [7, 11) is -2.32. The molecule has 4 rings (SSSR count). The fourth-order valence-corrected chi connectivity index (χ4v) is 5.11. The third-order valence-corrected chi connectivity index (χ3v) is 7.04. The summed E-state index contributed by atoms with van der Waals surface area (Å²) in [6.45, 7) is 1.96. The van der Waals surface area contributed by atoms with E-state index in [1.807, 2.05) is 30.3 Å². The van der Waals surface area contributed by atoms with Crippen molar-refractivity contribution in [3.63, 3.8) is 0 Å². The van der Waals surface area contributed by atoms with Crippen LogP contribution in [0.15, 0.2) is 70.4 Å². The molecule has 30 heavy (non-hydrogen) atoms. The largest absolute Gasteiger partial charge is 0.495 e. The Hall–Kier alpha value is -3.17. The first kappa shape index (κ1) is 20.1. The van der Waals surface area contributed by atoms with Gasteiger partial charge in [-0.1, -0.05) is 18.2 Å². The van der Waals surface area contributed by atoms with Gasteiger partial charge in [0.2, 0.25) is 10.0 Å². The van der Waals surface area contributed by atoms with E-state index in [-0.39, 0.29) is 16.2 Å². The predicted octanol–water partition coefficient (Wildman–Crippen LogP) is 1.96.